The Balaban J connectivity index is 0.00000225. The molecule has 28 heavy (non-hydrogen) atoms. The van der Waals surface area contributed by atoms with Gasteiger partial charge in [0.05, 0.1) is 24.3 Å². The predicted molar refractivity (Wildman–Crippen MR) is 101 cm³/mol. The third-order valence-corrected chi connectivity index (χ3v) is 5.71. The number of hydrogen-bond donors (Lipinski definition) is 2. The lowest BCUT2D eigenvalue weighted by atomic mass is 10.1. The largest absolute Gasteiger partial charge is 0.345 e. The average molecular weight is 409 g/mol. The van der Waals surface area contributed by atoms with Crippen molar-refractivity contribution in [2.45, 2.75) is 17.9 Å². The van der Waals surface area contributed by atoms with Crippen LogP contribution in [0.5, 0.6) is 0 Å². The molecule has 12 heteroatoms. The first-order chi connectivity index (χ1) is 13.2. The van der Waals surface area contributed by atoms with Crippen LogP contribution >= 0.6 is 0 Å². The highest BCUT2D eigenvalue weighted by atomic mass is 32.2. The molecule has 0 bridgehead atoms. The minimum Gasteiger partial charge on any atom is -0.345 e. The third kappa shape index (κ3) is 3.70. The zero-order valence-electron chi connectivity index (χ0n) is 14.5. The Morgan fingerprint density at radius 2 is 2.29 bits per heavy atom. The number of carbonyl (C=O) groups is 2. The van der Waals surface area contributed by atoms with E-state index in [-0.39, 0.29) is 20.9 Å². The van der Waals surface area contributed by atoms with Crippen molar-refractivity contribution in [1.82, 2.24) is 9.62 Å². The minimum absolute atomic E-state index is 0. The van der Waals surface area contributed by atoms with E-state index in [1.54, 1.807) is 6.92 Å². The number of amides is 3. The van der Waals surface area contributed by atoms with E-state index >= 15 is 0 Å². The first-order valence-corrected chi connectivity index (χ1v) is 9.43. The molecule has 1 aromatic rings. The van der Waals surface area contributed by atoms with Gasteiger partial charge >= 0.3 is 6.03 Å². The van der Waals surface area contributed by atoms with Crippen molar-refractivity contribution in [3.63, 3.8) is 0 Å². The van der Waals surface area contributed by atoms with Crippen LogP contribution in [0.1, 0.15) is 9.78 Å². The van der Waals surface area contributed by atoms with Crippen molar-refractivity contribution >= 4 is 39.7 Å². The van der Waals surface area contributed by atoms with E-state index in [4.69, 9.17) is 5.26 Å². The third-order valence-electron chi connectivity index (χ3n) is 3.94. The van der Waals surface area contributed by atoms with Gasteiger partial charge in [-0.1, -0.05) is 0 Å². The first kappa shape index (κ1) is 19.4. The number of carbonyl (C=O) groups excluding carboxylic acids is 2. The fourth-order valence-corrected chi connectivity index (χ4v) is 4.01. The van der Waals surface area contributed by atoms with Crippen molar-refractivity contribution in [2.75, 3.05) is 18.4 Å². The molecule has 149 valence electrons. The van der Waals surface area contributed by atoms with Gasteiger partial charge < -0.3 is 10.6 Å². The molecule has 0 saturated carbocycles. The molecule has 0 unspecified atom stereocenters. The second kappa shape index (κ2) is 7.35. The number of nitrogens with zero attached hydrogens (tertiary/aromatic N) is 4. The quantitative estimate of drug-likeness (QED) is 0.760. The lowest BCUT2D eigenvalue weighted by Gasteiger charge is -2.28. The molecule has 0 saturated heterocycles. The van der Waals surface area contributed by atoms with E-state index in [0.29, 0.717) is 10.2 Å². The average Bonchev–Trinajstić information content (AvgIpc) is 2.66. The van der Waals surface area contributed by atoms with Crippen molar-refractivity contribution < 1.29 is 25.3 Å². The molecular weight excluding hydrogens is 391 g/mol. The lowest BCUT2D eigenvalue weighted by Crippen LogP contribution is -2.50. The zero-order chi connectivity index (χ0) is 20.5. The van der Waals surface area contributed by atoms with Crippen LogP contribution in [-0.2, 0) is 14.8 Å². The Labute approximate surface area is 162 Å². The number of urea groups is 1. The van der Waals surface area contributed by atoms with E-state index in [2.05, 4.69) is 20.6 Å². The van der Waals surface area contributed by atoms with Crippen LogP contribution < -0.4 is 10.6 Å². The lowest BCUT2D eigenvalue weighted by molar-refractivity contribution is -0.121. The molecule has 2 aliphatic rings. The van der Waals surface area contributed by atoms with Crippen LogP contribution in [0, 0.1) is 23.1 Å². The Hall–Kier alpha value is -3.33. The van der Waals surface area contributed by atoms with Crippen LogP contribution in [0.3, 0.4) is 0 Å². The number of aliphatic imine (C=N–C) groups is 2. The molecule has 3 amide bonds. The molecule has 2 aliphatic heterocycles. The number of sulfonamides is 1. The van der Waals surface area contributed by atoms with E-state index in [1.165, 1.54) is 6.21 Å². The molecular formula is C16H18FN6O4S. The zero-order valence-corrected chi connectivity index (χ0v) is 15.3. The fraction of sp³-hybridized carbons (Fsp3) is 0.250. The minimum atomic E-state index is -4.40. The van der Waals surface area contributed by atoms with Crippen LogP contribution in [0.25, 0.3) is 0 Å². The Kier molecular flexibility index (Phi) is 5.10. The van der Waals surface area contributed by atoms with Gasteiger partial charge in [-0.25, -0.2) is 26.9 Å². The standard InChI is InChI=1S/C16H14FN6O4S.2H2/c1-9(15-19-6-10(5-18)7-20-15)21-14(24)8-23-16(25)22-12-3-2-11(17)4-13(12)28(23,26)27;;/h2-4,6,9H,7-8H2,1H3,(H,21,24)(H,22,25);2*1H/t9-;;/m0../s1. The van der Waals surface area contributed by atoms with Crippen LogP contribution in [0.4, 0.5) is 14.9 Å². The summed E-state index contributed by atoms with van der Waals surface area (Å²) in [6.45, 7) is 0.892. The molecule has 0 spiro atoms. The van der Waals surface area contributed by atoms with E-state index in [9.17, 15) is 22.4 Å². The van der Waals surface area contributed by atoms with Gasteiger partial charge in [-0.15, -0.1) is 0 Å². The Morgan fingerprint density at radius 1 is 1.54 bits per heavy atom. The maximum atomic E-state index is 13.4. The van der Waals surface area contributed by atoms with Gasteiger partial charge in [0.25, 0.3) is 10.0 Å². The van der Waals surface area contributed by atoms with Crippen LogP contribution in [-0.4, -0.2) is 55.8 Å². The molecule has 3 rings (SSSR count). The predicted octanol–water partition coefficient (Wildman–Crippen LogP) is 0.940. The van der Waals surface area contributed by atoms with Crippen molar-refractivity contribution in [3.05, 3.63) is 29.9 Å². The maximum Gasteiger partial charge on any atom is 0.336 e. The maximum absolute atomic E-state index is 13.4. The van der Waals surface area contributed by atoms with Gasteiger partial charge in [0, 0.05) is 9.07 Å². The fourth-order valence-electron chi connectivity index (χ4n) is 2.56. The summed E-state index contributed by atoms with van der Waals surface area (Å²) >= 11 is 0. The number of amidine groups is 1. The molecule has 2 N–H and O–H groups in total. The highest BCUT2D eigenvalue weighted by molar-refractivity contribution is 7.90. The number of nitriles is 1. The van der Waals surface area contributed by atoms with Gasteiger partial charge in [-0.05, 0) is 25.1 Å². The van der Waals surface area contributed by atoms with Crippen molar-refractivity contribution in [1.29, 1.82) is 5.26 Å². The van der Waals surface area contributed by atoms with Crippen LogP contribution in [0.15, 0.2) is 33.1 Å². The summed E-state index contributed by atoms with van der Waals surface area (Å²) in [4.78, 5) is 32.0. The first-order valence-electron chi connectivity index (χ1n) is 7.99. The summed E-state index contributed by atoms with van der Waals surface area (Å²) < 4.78 is 38.9. The normalized spacial score (nSPS) is 19.1. The van der Waals surface area contributed by atoms with Crippen molar-refractivity contribution in [3.8, 4) is 6.07 Å². The number of benzene rings is 1. The number of rotatable bonds is 4. The Morgan fingerprint density at radius 3 is 2.93 bits per heavy atom. The van der Waals surface area contributed by atoms with E-state index < -0.39 is 45.3 Å². The molecule has 10 nitrogen and oxygen atoms in total. The topological polar surface area (TPSA) is 144 Å². The molecule has 1 atom stereocenters. The highest BCUT2D eigenvalue weighted by Gasteiger charge is 2.38. The number of hydrogen-bond acceptors (Lipinski definition) is 7. The second-order valence-corrected chi connectivity index (χ2v) is 7.77. The van der Waals surface area contributed by atoms with Gasteiger partial charge in [-0.3, -0.25) is 9.79 Å². The summed E-state index contributed by atoms with van der Waals surface area (Å²) in [6.07, 6.45) is 1.33. The van der Waals surface area contributed by atoms with Gasteiger partial charge in [0.1, 0.15) is 29.0 Å². The number of halogens is 1. The van der Waals surface area contributed by atoms with Crippen molar-refractivity contribution in [2.24, 2.45) is 9.98 Å². The molecule has 1 aromatic carbocycles. The molecule has 0 aliphatic carbocycles. The monoisotopic (exact) mass is 409 g/mol. The summed E-state index contributed by atoms with van der Waals surface area (Å²) in [6, 6.07) is 3.12. The second-order valence-electron chi connectivity index (χ2n) is 5.94. The van der Waals surface area contributed by atoms with E-state index in [1.807, 2.05) is 6.07 Å². The molecule has 2 heterocycles. The smallest absolute Gasteiger partial charge is 0.336 e. The SMILES string of the molecule is C[C@H](NC(=O)CN1C(=O)Nc2ccc(F)cc2S1(=O)=O)C1=NC[C](C#N)C=N1.[HH].[HH]. The van der Waals surface area contributed by atoms with Gasteiger partial charge in [-0.2, -0.15) is 5.26 Å². The van der Waals surface area contributed by atoms with Gasteiger partial charge in [0.15, 0.2) is 0 Å². The molecule has 0 aromatic heterocycles. The highest BCUT2D eigenvalue weighted by Crippen LogP contribution is 2.30. The molecule has 0 fully saturated rings. The summed E-state index contributed by atoms with van der Waals surface area (Å²) in [5, 5.41) is 13.6. The summed E-state index contributed by atoms with van der Waals surface area (Å²) in [7, 11) is -4.40. The van der Waals surface area contributed by atoms with Gasteiger partial charge in [0.2, 0.25) is 5.91 Å². The van der Waals surface area contributed by atoms with E-state index in [0.717, 1.165) is 18.2 Å². The number of fused-ring (bicyclic) bond motifs is 1. The summed E-state index contributed by atoms with van der Waals surface area (Å²) in [5.74, 6) is -0.952. The van der Waals surface area contributed by atoms with Crippen LogP contribution in [0.2, 0.25) is 0 Å². The number of anilines is 1. The summed E-state index contributed by atoms with van der Waals surface area (Å²) in [5.41, 5.74) is -0.0631. The number of nitrogens with one attached hydrogen (secondary N) is 2. The Bertz CT molecular complexity index is 1060. The molecule has 1 radical (unpaired) electrons.